The van der Waals surface area contributed by atoms with Gasteiger partial charge in [-0.05, 0) is 43.4 Å². The van der Waals surface area contributed by atoms with Crippen molar-refractivity contribution in [3.8, 4) is 6.07 Å². The van der Waals surface area contributed by atoms with Gasteiger partial charge in [-0.2, -0.15) is 5.26 Å². The van der Waals surface area contributed by atoms with Crippen LogP contribution in [0.5, 0.6) is 0 Å². The van der Waals surface area contributed by atoms with E-state index in [2.05, 4.69) is 6.07 Å². The van der Waals surface area contributed by atoms with Crippen LogP contribution < -0.4 is 0 Å². The third-order valence-electron chi connectivity index (χ3n) is 3.57. The zero-order valence-corrected chi connectivity index (χ0v) is 11.0. The standard InChI is InChI=1S/C15H18N2O2/c1-11(14-4-2-3-13(7-14)8-16)17(10-15(18)19)9-12-5-6-12/h2-4,7,11-12H,5-6,9-10H2,1H3,(H,18,19). The lowest BCUT2D eigenvalue weighted by Crippen LogP contribution is -2.34. The van der Waals surface area contributed by atoms with E-state index >= 15 is 0 Å². The number of nitriles is 1. The summed E-state index contributed by atoms with van der Waals surface area (Å²) in [4.78, 5) is 13.0. The molecule has 1 aromatic rings. The van der Waals surface area contributed by atoms with E-state index in [4.69, 9.17) is 10.4 Å². The lowest BCUT2D eigenvalue weighted by atomic mass is 10.0. The SMILES string of the molecule is CC(c1cccc(C#N)c1)N(CC(=O)O)CC1CC1. The second-order valence-corrected chi connectivity index (χ2v) is 5.18. The highest BCUT2D eigenvalue weighted by Crippen LogP contribution is 2.32. The van der Waals surface area contributed by atoms with Gasteiger partial charge >= 0.3 is 5.97 Å². The van der Waals surface area contributed by atoms with Crippen LogP contribution in [0.15, 0.2) is 24.3 Å². The molecule has 100 valence electrons. The number of rotatable bonds is 6. The molecular weight excluding hydrogens is 240 g/mol. The van der Waals surface area contributed by atoms with Gasteiger partial charge < -0.3 is 5.11 Å². The van der Waals surface area contributed by atoms with Crippen molar-refractivity contribution in [3.05, 3.63) is 35.4 Å². The highest BCUT2D eigenvalue weighted by atomic mass is 16.4. The molecule has 19 heavy (non-hydrogen) atoms. The summed E-state index contributed by atoms with van der Waals surface area (Å²) in [6.07, 6.45) is 2.39. The number of benzene rings is 1. The van der Waals surface area contributed by atoms with E-state index in [1.54, 1.807) is 6.07 Å². The van der Waals surface area contributed by atoms with Crippen molar-refractivity contribution in [2.24, 2.45) is 5.92 Å². The van der Waals surface area contributed by atoms with Crippen molar-refractivity contribution in [1.82, 2.24) is 4.90 Å². The van der Waals surface area contributed by atoms with Crippen molar-refractivity contribution in [2.45, 2.75) is 25.8 Å². The van der Waals surface area contributed by atoms with Crippen molar-refractivity contribution >= 4 is 5.97 Å². The number of aliphatic carboxylic acids is 1. The number of carbonyl (C=O) groups is 1. The topological polar surface area (TPSA) is 64.3 Å². The first-order valence-corrected chi connectivity index (χ1v) is 6.56. The Morgan fingerprint density at radius 3 is 2.89 bits per heavy atom. The van der Waals surface area contributed by atoms with Gasteiger partial charge in [0.2, 0.25) is 0 Å². The highest BCUT2D eigenvalue weighted by molar-refractivity contribution is 5.69. The van der Waals surface area contributed by atoms with Gasteiger partial charge in [-0.3, -0.25) is 9.69 Å². The maximum absolute atomic E-state index is 11.0. The monoisotopic (exact) mass is 258 g/mol. The summed E-state index contributed by atoms with van der Waals surface area (Å²) in [6.45, 7) is 2.88. The van der Waals surface area contributed by atoms with E-state index in [1.165, 1.54) is 12.8 Å². The van der Waals surface area contributed by atoms with Gasteiger partial charge in [-0.1, -0.05) is 12.1 Å². The first-order valence-electron chi connectivity index (χ1n) is 6.56. The summed E-state index contributed by atoms with van der Waals surface area (Å²) in [5, 5.41) is 17.9. The third kappa shape index (κ3) is 3.80. The number of nitrogens with zero attached hydrogens (tertiary/aromatic N) is 2. The van der Waals surface area contributed by atoms with Crippen molar-refractivity contribution in [1.29, 1.82) is 5.26 Å². The Hall–Kier alpha value is -1.86. The Labute approximate surface area is 113 Å². The molecule has 1 N–H and O–H groups in total. The zero-order valence-electron chi connectivity index (χ0n) is 11.0. The van der Waals surface area contributed by atoms with Gasteiger partial charge in [0.1, 0.15) is 0 Å². The fraction of sp³-hybridized carbons (Fsp3) is 0.467. The van der Waals surface area contributed by atoms with Crippen molar-refractivity contribution < 1.29 is 9.90 Å². The second kappa shape index (κ2) is 5.85. The van der Waals surface area contributed by atoms with Gasteiger partial charge in [0.25, 0.3) is 0 Å². The van der Waals surface area contributed by atoms with E-state index in [9.17, 15) is 4.79 Å². The molecule has 0 heterocycles. The smallest absolute Gasteiger partial charge is 0.317 e. The molecule has 0 radical (unpaired) electrons. The third-order valence-corrected chi connectivity index (χ3v) is 3.57. The van der Waals surface area contributed by atoms with Gasteiger partial charge in [0.05, 0.1) is 18.2 Å². The Morgan fingerprint density at radius 2 is 2.32 bits per heavy atom. The van der Waals surface area contributed by atoms with E-state index in [1.807, 2.05) is 30.0 Å². The maximum atomic E-state index is 11.0. The largest absolute Gasteiger partial charge is 0.480 e. The molecule has 0 aliphatic heterocycles. The summed E-state index contributed by atoms with van der Waals surface area (Å²) in [7, 11) is 0. The minimum atomic E-state index is -0.802. The Kier molecular flexibility index (Phi) is 4.18. The maximum Gasteiger partial charge on any atom is 0.317 e. The Morgan fingerprint density at radius 1 is 1.58 bits per heavy atom. The molecule has 1 unspecified atom stereocenters. The second-order valence-electron chi connectivity index (χ2n) is 5.18. The first-order chi connectivity index (χ1) is 9.10. The van der Waals surface area contributed by atoms with Crippen LogP contribution in [0.3, 0.4) is 0 Å². The van der Waals surface area contributed by atoms with E-state index in [0.717, 1.165) is 12.1 Å². The molecule has 1 atom stereocenters. The number of hydrogen-bond acceptors (Lipinski definition) is 3. The molecule has 2 rings (SSSR count). The van der Waals surface area contributed by atoms with Crippen LogP contribution in [0.4, 0.5) is 0 Å². The molecule has 0 bridgehead atoms. The van der Waals surface area contributed by atoms with Crippen molar-refractivity contribution in [3.63, 3.8) is 0 Å². The summed E-state index contributed by atoms with van der Waals surface area (Å²) >= 11 is 0. The molecule has 0 spiro atoms. The van der Waals surface area contributed by atoms with Crippen molar-refractivity contribution in [2.75, 3.05) is 13.1 Å². The summed E-state index contributed by atoms with van der Waals surface area (Å²) < 4.78 is 0. The van der Waals surface area contributed by atoms with Gasteiger partial charge in [0, 0.05) is 12.6 Å². The average Bonchev–Trinajstić information content (AvgIpc) is 3.20. The van der Waals surface area contributed by atoms with Gasteiger partial charge in [0.15, 0.2) is 0 Å². The fourth-order valence-electron chi connectivity index (χ4n) is 2.24. The summed E-state index contributed by atoms with van der Waals surface area (Å²) in [6, 6.07) is 9.54. The van der Waals surface area contributed by atoms with Crippen LogP contribution in [-0.2, 0) is 4.79 Å². The fourth-order valence-corrected chi connectivity index (χ4v) is 2.24. The average molecular weight is 258 g/mol. The molecule has 0 amide bonds. The van der Waals surface area contributed by atoms with Gasteiger partial charge in [-0.25, -0.2) is 0 Å². The molecule has 1 aliphatic rings. The van der Waals surface area contributed by atoms with E-state index < -0.39 is 5.97 Å². The van der Waals surface area contributed by atoms with E-state index in [-0.39, 0.29) is 12.6 Å². The molecule has 4 heteroatoms. The number of carboxylic acids is 1. The molecule has 0 aromatic heterocycles. The lowest BCUT2D eigenvalue weighted by Gasteiger charge is -2.28. The van der Waals surface area contributed by atoms with Crippen LogP contribution in [0.1, 0.15) is 36.9 Å². The van der Waals surface area contributed by atoms with Crippen LogP contribution in [-0.4, -0.2) is 29.1 Å². The number of carboxylic acid groups (broad SMARTS) is 1. The van der Waals surface area contributed by atoms with Crippen LogP contribution in [0.2, 0.25) is 0 Å². The van der Waals surface area contributed by atoms with Crippen LogP contribution >= 0.6 is 0 Å². The van der Waals surface area contributed by atoms with E-state index in [0.29, 0.717) is 11.5 Å². The normalized spacial score (nSPS) is 16.1. The first kappa shape index (κ1) is 13.6. The molecule has 1 aromatic carbocycles. The molecule has 4 nitrogen and oxygen atoms in total. The van der Waals surface area contributed by atoms with Gasteiger partial charge in [-0.15, -0.1) is 0 Å². The molecule has 1 fully saturated rings. The molecule has 0 saturated heterocycles. The predicted molar refractivity (Wildman–Crippen MR) is 71.5 cm³/mol. The number of hydrogen-bond donors (Lipinski definition) is 1. The van der Waals surface area contributed by atoms with Crippen LogP contribution in [0, 0.1) is 17.2 Å². The zero-order chi connectivity index (χ0) is 13.8. The van der Waals surface area contributed by atoms with Crippen LogP contribution in [0.25, 0.3) is 0 Å². The summed E-state index contributed by atoms with van der Waals surface area (Å²) in [5.41, 5.74) is 1.62. The predicted octanol–water partition coefficient (Wildman–Crippen LogP) is 2.42. The minimum absolute atomic E-state index is 0.0185. The Bertz CT molecular complexity index is 503. The lowest BCUT2D eigenvalue weighted by molar-refractivity contribution is -0.139. The quantitative estimate of drug-likeness (QED) is 0.851. The minimum Gasteiger partial charge on any atom is -0.480 e. The molecule has 1 saturated carbocycles. The molecule has 1 aliphatic carbocycles. The summed E-state index contributed by atoms with van der Waals surface area (Å²) in [5.74, 6) is -0.162. The molecular formula is C15H18N2O2. The highest BCUT2D eigenvalue weighted by Gasteiger charge is 2.28. The Balaban J connectivity index is 2.14.